The Labute approximate surface area is 106 Å². The van der Waals surface area contributed by atoms with E-state index in [9.17, 15) is 0 Å². The third kappa shape index (κ3) is 3.94. The van der Waals surface area contributed by atoms with E-state index in [1.807, 2.05) is 0 Å². The van der Waals surface area contributed by atoms with Gasteiger partial charge >= 0.3 is 0 Å². The first-order chi connectivity index (χ1) is 8.18. The summed E-state index contributed by atoms with van der Waals surface area (Å²) in [7, 11) is 0. The molecule has 3 heteroatoms. The van der Waals surface area contributed by atoms with Gasteiger partial charge in [-0.15, -0.1) is 0 Å². The molecule has 3 nitrogen and oxygen atoms in total. The minimum Gasteiger partial charge on any atom is -0.315 e. The van der Waals surface area contributed by atoms with Gasteiger partial charge in [0.05, 0.1) is 0 Å². The minimum atomic E-state index is 0.306. The fourth-order valence-electron chi connectivity index (χ4n) is 3.18. The molecule has 2 N–H and O–H groups in total. The van der Waals surface area contributed by atoms with Crippen LogP contribution in [0.2, 0.25) is 0 Å². The number of piperazine rings is 1. The summed E-state index contributed by atoms with van der Waals surface area (Å²) in [6, 6.07) is 0. The SMILES string of the molecule is CC(C)(CNCC1CCCC1)N1CCNCC1. The van der Waals surface area contributed by atoms with Crippen LogP contribution in [0, 0.1) is 5.92 Å². The molecular formula is C14H29N3. The van der Waals surface area contributed by atoms with Crippen LogP contribution in [0.3, 0.4) is 0 Å². The Morgan fingerprint density at radius 3 is 2.47 bits per heavy atom. The van der Waals surface area contributed by atoms with Crippen molar-refractivity contribution in [3.8, 4) is 0 Å². The first kappa shape index (κ1) is 13.3. The van der Waals surface area contributed by atoms with Gasteiger partial charge in [0.1, 0.15) is 0 Å². The highest BCUT2D eigenvalue weighted by Crippen LogP contribution is 2.24. The maximum Gasteiger partial charge on any atom is 0.0278 e. The third-order valence-electron chi connectivity index (χ3n) is 4.44. The molecule has 0 aromatic carbocycles. The average molecular weight is 239 g/mol. The van der Waals surface area contributed by atoms with Crippen LogP contribution >= 0.6 is 0 Å². The fourth-order valence-corrected chi connectivity index (χ4v) is 3.18. The molecule has 2 rings (SSSR count). The van der Waals surface area contributed by atoms with Gasteiger partial charge in [0.25, 0.3) is 0 Å². The summed E-state index contributed by atoms with van der Waals surface area (Å²) in [6.45, 7) is 11.8. The lowest BCUT2D eigenvalue weighted by Gasteiger charge is -2.41. The van der Waals surface area contributed by atoms with Crippen LogP contribution in [-0.2, 0) is 0 Å². The van der Waals surface area contributed by atoms with Crippen LogP contribution in [0.4, 0.5) is 0 Å². The third-order valence-corrected chi connectivity index (χ3v) is 4.44. The predicted molar refractivity (Wildman–Crippen MR) is 73.3 cm³/mol. The first-order valence-corrected chi connectivity index (χ1v) is 7.35. The molecule has 1 aliphatic carbocycles. The standard InChI is InChI=1S/C14H29N3/c1-14(2,17-9-7-15-8-10-17)12-16-11-13-5-3-4-6-13/h13,15-16H,3-12H2,1-2H3. The Kier molecular flexibility index (Phi) is 4.83. The number of nitrogens with zero attached hydrogens (tertiary/aromatic N) is 1. The highest BCUT2D eigenvalue weighted by Gasteiger charge is 2.27. The van der Waals surface area contributed by atoms with Gasteiger partial charge in [-0.3, -0.25) is 4.90 Å². The number of hydrogen-bond donors (Lipinski definition) is 2. The summed E-state index contributed by atoms with van der Waals surface area (Å²) in [5.74, 6) is 0.953. The maximum absolute atomic E-state index is 3.70. The minimum absolute atomic E-state index is 0.306. The van der Waals surface area contributed by atoms with Gasteiger partial charge in [0.2, 0.25) is 0 Å². The van der Waals surface area contributed by atoms with E-state index in [0.29, 0.717) is 5.54 Å². The molecule has 17 heavy (non-hydrogen) atoms. The van der Waals surface area contributed by atoms with E-state index < -0.39 is 0 Å². The van der Waals surface area contributed by atoms with E-state index in [1.165, 1.54) is 45.3 Å². The monoisotopic (exact) mass is 239 g/mol. The second-order valence-corrected chi connectivity index (χ2v) is 6.33. The molecule has 0 atom stereocenters. The summed E-state index contributed by atoms with van der Waals surface area (Å²) in [5, 5.41) is 7.13. The van der Waals surface area contributed by atoms with Crippen molar-refractivity contribution < 1.29 is 0 Å². The molecule has 1 saturated carbocycles. The van der Waals surface area contributed by atoms with Crippen molar-refractivity contribution in [2.24, 2.45) is 5.92 Å². The molecule has 0 aromatic heterocycles. The van der Waals surface area contributed by atoms with Crippen LogP contribution in [0.25, 0.3) is 0 Å². The lowest BCUT2D eigenvalue weighted by Crippen LogP contribution is -2.57. The van der Waals surface area contributed by atoms with Gasteiger partial charge in [-0.2, -0.15) is 0 Å². The number of hydrogen-bond acceptors (Lipinski definition) is 3. The Balaban J connectivity index is 1.68. The van der Waals surface area contributed by atoms with Crippen molar-refractivity contribution in [2.45, 2.75) is 45.1 Å². The number of rotatable bonds is 5. The van der Waals surface area contributed by atoms with Crippen LogP contribution in [0.5, 0.6) is 0 Å². The molecular weight excluding hydrogens is 210 g/mol. The van der Waals surface area contributed by atoms with Crippen molar-refractivity contribution in [1.29, 1.82) is 0 Å². The molecule has 0 bridgehead atoms. The molecule has 0 aromatic rings. The van der Waals surface area contributed by atoms with Gasteiger partial charge in [0.15, 0.2) is 0 Å². The summed E-state index contributed by atoms with van der Waals surface area (Å²) in [4.78, 5) is 2.62. The Bertz CT molecular complexity index is 216. The normalized spacial score (nSPS) is 24.4. The zero-order chi connectivity index (χ0) is 12.1. The van der Waals surface area contributed by atoms with Crippen LogP contribution in [0.15, 0.2) is 0 Å². The van der Waals surface area contributed by atoms with E-state index in [4.69, 9.17) is 0 Å². The predicted octanol–water partition coefficient (Wildman–Crippen LogP) is 1.45. The van der Waals surface area contributed by atoms with Crippen molar-refractivity contribution in [2.75, 3.05) is 39.3 Å². The smallest absolute Gasteiger partial charge is 0.0278 e. The van der Waals surface area contributed by atoms with E-state index in [0.717, 1.165) is 25.6 Å². The van der Waals surface area contributed by atoms with Crippen molar-refractivity contribution in [1.82, 2.24) is 15.5 Å². The molecule has 1 aliphatic heterocycles. The van der Waals surface area contributed by atoms with Gasteiger partial charge in [-0.1, -0.05) is 12.8 Å². The Hall–Kier alpha value is -0.120. The van der Waals surface area contributed by atoms with Crippen LogP contribution < -0.4 is 10.6 Å². The van der Waals surface area contributed by atoms with Crippen LogP contribution in [0.1, 0.15) is 39.5 Å². The molecule has 0 amide bonds. The summed E-state index contributed by atoms with van der Waals surface area (Å²) in [6.07, 6.45) is 5.79. The second-order valence-electron chi connectivity index (χ2n) is 6.33. The summed E-state index contributed by atoms with van der Waals surface area (Å²) in [5.41, 5.74) is 0.306. The second kappa shape index (κ2) is 6.17. The Morgan fingerprint density at radius 2 is 1.82 bits per heavy atom. The first-order valence-electron chi connectivity index (χ1n) is 7.35. The van der Waals surface area contributed by atoms with Crippen molar-refractivity contribution >= 4 is 0 Å². The maximum atomic E-state index is 3.70. The molecule has 0 unspecified atom stereocenters. The molecule has 1 saturated heterocycles. The molecule has 0 spiro atoms. The average Bonchev–Trinajstić information content (AvgIpc) is 2.83. The molecule has 2 fully saturated rings. The van der Waals surface area contributed by atoms with E-state index in [-0.39, 0.29) is 0 Å². The highest BCUT2D eigenvalue weighted by atomic mass is 15.2. The quantitative estimate of drug-likeness (QED) is 0.760. The van der Waals surface area contributed by atoms with Gasteiger partial charge in [-0.25, -0.2) is 0 Å². The van der Waals surface area contributed by atoms with Crippen molar-refractivity contribution in [3.05, 3.63) is 0 Å². The van der Waals surface area contributed by atoms with E-state index in [1.54, 1.807) is 0 Å². The summed E-state index contributed by atoms with van der Waals surface area (Å²) >= 11 is 0. The van der Waals surface area contributed by atoms with Crippen molar-refractivity contribution in [3.63, 3.8) is 0 Å². The molecule has 1 heterocycles. The Morgan fingerprint density at radius 1 is 1.18 bits per heavy atom. The van der Waals surface area contributed by atoms with E-state index >= 15 is 0 Å². The van der Waals surface area contributed by atoms with E-state index in [2.05, 4.69) is 29.4 Å². The summed E-state index contributed by atoms with van der Waals surface area (Å²) < 4.78 is 0. The van der Waals surface area contributed by atoms with Gasteiger partial charge < -0.3 is 10.6 Å². The topological polar surface area (TPSA) is 27.3 Å². The lowest BCUT2D eigenvalue weighted by molar-refractivity contribution is 0.101. The highest BCUT2D eigenvalue weighted by molar-refractivity contribution is 4.87. The van der Waals surface area contributed by atoms with Gasteiger partial charge in [-0.05, 0) is 39.2 Å². The fraction of sp³-hybridized carbons (Fsp3) is 1.00. The molecule has 2 aliphatic rings. The molecule has 0 radical (unpaired) electrons. The number of nitrogens with one attached hydrogen (secondary N) is 2. The zero-order valence-corrected chi connectivity index (χ0v) is 11.6. The zero-order valence-electron chi connectivity index (χ0n) is 11.6. The molecule has 100 valence electrons. The van der Waals surface area contributed by atoms with Crippen LogP contribution in [-0.4, -0.2) is 49.7 Å². The lowest BCUT2D eigenvalue weighted by atomic mass is 10.0. The van der Waals surface area contributed by atoms with Gasteiger partial charge in [0, 0.05) is 38.3 Å². The largest absolute Gasteiger partial charge is 0.315 e.